The van der Waals surface area contributed by atoms with E-state index in [1.54, 1.807) is 6.92 Å². The molecule has 2 amide bonds. The van der Waals surface area contributed by atoms with E-state index in [9.17, 15) is 27.6 Å². The second kappa shape index (κ2) is 11.6. The Kier molecular flexibility index (Phi) is 9.44. The number of amides is 2. The van der Waals surface area contributed by atoms with Crippen molar-refractivity contribution >= 4 is 56.2 Å². The summed E-state index contributed by atoms with van der Waals surface area (Å²) in [5.74, 6) is -3.36. The summed E-state index contributed by atoms with van der Waals surface area (Å²) in [5.41, 5.74) is 2.38. The summed E-state index contributed by atoms with van der Waals surface area (Å²) < 4.78 is 40.1. The number of methoxy groups -OCH3 is 1. The maximum absolute atomic E-state index is 13.1. The number of aromatic nitrogens is 1. The van der Waals surface area contributed by atoms with Crippen LogP contribution in [0.2, 0.25) is 0 Å². The van der Waals surface area contributed by atoms with Crippen LogP contribution in [0.25, 0.3) is 0 Å². The molecule has 1 aliphatic rings. The number of carbonyl (C=O) groups excluding carboxylic acids is 4. The average Bonchev–Trinajstić information content (AvgIpc) is 3.26. The van der Waals surface area contributed by atoms with Crippen molar-refractivity contribution in [3.05, 3.63) is 11.1 Å². The number of β-lactam (4-membered cyclic amide) rings is 1. The maximum atomic E-state index is 13.1. The molecule has 1 aliphatic heterocycles. The van der Waals surface area contributed by atoms with E-state index in [2.05, 4.69) is 20.2 Å². The summed E-state index contributed by atoms with van der Waals surface area (Å²) in [6, 6.07) is -2.31. The first-order chi connectivity index (χ1) is 17.5. The van der Waals surface area contributed by atoms with E-state index in [0.29, 0.717) is 4.31 Å². The molecule has 2 rings (SSSR count). The molecule has 15 nitrogen and oxygen atoms in total. The number of nitrogens with one attached hydrogen (secondary N) is 1. The van der Waals surface area contributed by atoms with Gasteiger partial charge in [-0.05, 0) is 41.5 Å². The number of oxime groups is 1. The van der Waals surface area contributed by atoms with Crippen LogP contribution in [0.1, 0.15) is 47.2 Å². The minimum atomic E-state index is -4.59. The fourth-order valence-electron chi connectivity index (χ4n) is 3.02. The monoisotopic (exact) mass is 577 g/mol. The van der Waals surface area contributed by atoms with Crippen molar-refractivity contribution in [2.75, 3.05) is 26.1 Å². The van der Waals surface area contributed by atoms with E-state index >= 15 is 0 Å². The van der Waals surface area contributed by atoms with Crippen molar-refractivity contribution in [3.8, 4) is 0 Å². The molecule has 212 valence electrons. The van der Waals surface area contributed by atoms with Crippen LogP contribution in [-0.2, 0) is 48.0 Å². The number of anilines is 1. The van der Waals surface area contributed by atoms with Crippen molar-refractivity contribution in [1.29, 1.82) is 0 Å². The van der Waals surface area contributed by atoms with Gasteiger partial charge in [-0.2, -0.15) is 8.42 Å². The van der Waals surface area contributed by atoms with Crippen LogP contribution in [-0.4, -0.2) is 85.2 Å². The molecule has 3 N–H and O–H groups in total. The first-order valence-electron chi connectivity index (χ1n) is 11.2. The SMILES string of the molecule is CCOC(=O)C(C)(C)O/N=C(/C(=O)N[C@@H]1C(=O)N(S(=O)(=O)OCC(C)(C)C(=O)OC)[C@H]1C)c1csc(N)n1. The Morgan fingerprint density at radius 1 is 1.24 bits per heavy atom. The number of hydrogen-bond donors (Lipinski definition) is 2. The highest BCUT2D eigenvalue weighted by atomic mass is 32.2. The normalized spacial score (nSPS) is 18.4. The fourth-order valence-corrected chi connectivity index (χ4v) is 4.99. The standard InChI is InChI=1S/C21H31N5O10S2/c1-8-34-18(30)21(5,6)36-25-14(12-9-37-19(22)23-12)15(27)24-13-11(2)26(16(13)28)38(31,32)35-10-20(3,4)17(29)33-7/h9,11,13H,8,10H2,1-7H3,(H2,22,23)(H,24,27)/b25-14+/t11-,13-/m0/s1. The van der Waals surface area contributed by atoms with Gasteiger partial charge in [0.25, 0.3) is 11.8 Å². The average molecular weight is 578 g/mol. The summed E-state index contributed by atoms with van der Waals surface area (Å²) >= 11 is 1.01. The van der Waals surface area contributed by atoms with E-state index in [4.69, 9.17) is 19.5 Å². The highest BCUT2D eigenvalue weighted by molar-refractivity contribution is 7.85. The molecule has 2 heterocycles. The lowest BCUT2D eigenvalue weighted by atomic mass is 9.95. The van der Waals surface area contributed by atoms with Gasteiger partial charge >= 0.3 is 22.2 Å². The number of carbonyl (C=O) groups is 4. The summed E-state index contributed by atoms with van der Waals surface area (Å²) in [7, 11) is -3.44. The number of esters is 2. The van der Waals surface area contributed by atoms with Crippen molar-refractivity contribution in [2.45, 2.75) is 59.2 Å². The number of hydrogen-bond acceptors (Lipinski definition) is 14. The van der Waals surface area contributed by atoms with Crippen LogP contribution < -0.4 is 11.1 Å². The second-order valence-electron chi connectivity index (χ2n) is 9.25. The Morgan fingerprint density at radius 2 is 1.87 bits per heavy atom. The van der Waals surface area contributed by atoms with Crippen molar-refractivity contribution in [2.24, 2.45) is 10.6 Å². The topological polar surface area (TPSA) is 206 Å². The van der Waals surface area contributed by atoms with Crippen LogP contribution in [0.4, 0.5) is 5.13 Å². The lowest BCUT2D eigenvalue weighted by Crippen LogP contribution is -2.71. The Hall–Kier alpha value is -3.31. The fraction of sp³-hybridized carbons (Fsp3) is 0.619. The molecule has 0 radical (unpaired) electrons. The summed E-state index contributed by atoms with van der Waals surface area (Å²) in [6.45, 7) is 8.08. The minimum Gasteiger partial charge on any atom is -0.469 e. The van der Waals surface area contributed by atoms with Crippen molar-refractivity contribution in [3.63, 3.8) is 0 Å². The molecular formula is C21H31N5O10S2. The lowest BCUT2D eigenvalue weighted by molar-refractivity contribution is -0.167. The molecule has 1 aromatic rings. The third-order valence-corrected chi connectivity index (χ3v) is 7.37. The molecule has 0 aromatic carbocycles. The molecule has 0 saturated carbocycles. The van der Waals surface area contributed by atoms with E-state index < -0.39 is 69.5 Å². The van der Waals surface area contributed by atoms with Gasteiger partial charge in [-0.3, -0.25) is 18.6 Å². The lowest BCUT2D eigenvalue weighted by Gasteiger charge is -2.43. The number of nitrogen functional groups attached to an aromatic ring is 1. The first-order valence-corrected chi connectivity index (χ1v) is 13.5. The molecule has 0 unspecified atom stereocenters. The highest BCUT2D eigenvalue weighted by Gasteiger charge is 2.53. The van der Waals surface area contributed by atoms with Crippen LogP contribution in [0.5, 0.6) is 0 Å². The van der Waals surface area contributed by atoms with E-state index in [1.807, 2.05) is 0 Å². The molecular weight excluding hydrogens is 546 g/mol. The van der Waals surface area contributed by atoms with Crippen LogP contribution in [0.15, 0.2) is 10.5 Å². The summed E-state index contributed by atoms with van der Waals surface area (Å²) in [4.78, 5) is 58.9. The predicted octanol–water partition coefficient (Wildman–Crippen LogP) is -0.0362. The summed E-state index contributed by atoms with van der Waals surface area (Å²) in [6.07, 6.45) is 0. The van der Waals surface area contributed by atoms with E-state index in [1.165, 1.54) is 40.0 Å². The van der Waals surface area contributed by atoms with Crippen LogP contribution in [0.3, 0.4) is 0 Å². The highest BCUT2D eigenvalue weighted by Crippen LogP contribution is 2.27. The molecule has 0 spiro atoms. The van der Waals surface area contributed by atoms with E-state index in [0.717, 1.165) is 18.4 Å². The van der Waals surface area contributed by atoms with Crippen molar-refractivity contribution in [1.82, 2.24) is 14.6 Å². The molecule has 0 bridgehead atoms. The number of rotatable bonds is 12. The van der Waals surface area contributed by atoms with Gasteiger partial charge in [0.05, 0.1) is 31.8 Å². The maximum Gasteiger partial charge on any atom is 0.365 e. The van der Waals surface area contributed by atoms with Gasteiger partial charge in [0, 0.05) is 5.38 Å². The van der Waals surface area contributed by atoms with E-state index in [-0.39, 0.29) is 17.4 Å². The second-order valence-corrected chi connectivity index (χ2v) is 11.6. The van der Waals surface area contributed by atoms with Gasteiger partial charge in [-0.1, -0.05) is 5.16 Å². The molecule has 0 aliphatic carbocycles. The van der Waals surface area contributed by atoms with Gasteiger partial charge in [0.15, 0.2) is 10.8 Å². The molecule has 17 heteroatoms. The molecule has 1 saturated heterocycles. The third-order valence-electron chi connectivity index (χ3n) is 5.28. The Morgan fingerprint density at radius 3 is 2.37 bits per heavy atom. The number of ether oxygens (including phenoxy) is 2. The molecule has 38 heavy (non-hydrogen) atoms. The van der Waals surface area contributed by atoms with Gasteiger partial charge in [-0.15, -0.1) is 11.3 Å². The zero-order chi connectivity index (χ0) is 29.1. The molecule has 2 atom stereocenters. The van der Waals surface area contributed by atoms with Gasteiger partial charge in [-0.25, -0.2) is 14.1 Å². The Bertz CT molecular complexity index is 1220. The third kappa shape index (κ3) is 6.76. The smallest absolute Gasteiger partial charge is 0.365 e. The Balaban J connectivity index is 2.19. The number of nitrogens with two attached hydrogens (primary N) is 1. The van der Waals surface area contributed by atoms with Crippen LogP contribution in [0, 0.1) is 5.41 Å². The van der Waals surface area contributed by atoms with Crippen LogP contribution >= 0.6 is 11.3 Å². The van der Waals surface area contributed by atoms with Crippen molar-refractivity contribution < 1.29 is 46.1 Å². The zero-order valence-corrected chi connectivity index (χ0v) is 23.6. The Labute approximate surface area is 223 Å². The summed E-state index contributed by atoms with van der Waals surface area (Å²) in [5, 5.41) is 7.69. The predicted molar refractivity (Wildman–Crippen MR) is 134 cm³/mol. The largest absolute Gasteiger partial charge is 0.469 e. The zero-order valence-electron chi connectivity index (χ0n) is 22.0. The number of thiazole rings is 1. The van der Waals surface area contributed by atoms with Gasteiger partial charge in [0.1, 0.15) is 11.7 Å². The molecule has 1 aromatic heterocycles. The number of nitrogens with zero attached hydrogens (tertiary/aromatic N) is 3. The first kappa shape index (κ1) is 30.9. The van der Waals surface area contributed by atoms with Gasteiger partial charge < -0.3 is 25.4 Å². The minimum absolute atomic E-state index is 0.00179. The van der Waals surface area contributed by atoms with Gasteiger partial charge in [0.2, 0.25) is 5.60 Å². The molecule has 1 fully saturated rings. The quantitative estimate of drug-likeness (QED) is 0.145.